The first-order valence-corrected chi connectivity index (χ1v) is 13.2. The van der Waals surface area contributed by atoms with Gasteiger partial charge in [0.15, 0.2) is 0 Å². The summed E-state index contributed by atoms with van der Waals surface area (Å²) in [4.78, 5) is 15.5. The molecule has 5 nitrogen and oxygen atoms in total. The molecule has 0 aromatic heterocycles. The molecule has 2 aliphatic heterocycles. The van der Waals surface area contributed by atoms with E-state index in [4.69, 9.17) is 9.47 Å². The van der Waals surface area contributed by atoms with Crippen LogP contribution in [-0.4, -0.2) is 49.3 Å². The first-order chi connectivity index (χ1) is 16.7. The second-order valence-corrected chi connectivity index (χ2v) is 10.6. The Morgan fingerprint density at radius 1 is 1.00 bits per heavy atom. The van der Waals surface area contributed by atoms with Crippen molar-refractivity contribution in [2.24, 2.45) is 5.92 Å². The average Bonchev–Trinajstić information content (AvgIpc) is 3.54. The van der Waals surface area contributed by atoms with Crippen LogP contribution in [0, 0.1) is 5.92 Å². The zero-order chi connectivity index (χ0) is 22.9. The van der Waals surface area contributed by atoms with Crippen molar-refractivity contribution in [3.8, 4) is 5.75 Å². The monoisotopic (exact) mass is 460 g/mol. The lowest BCUT2D eigenvalue weighted by Crippen LogP contribution is -2.47. The summed E-state index contributed by atoms with van der Waals surface area (Å²) in [5.41, 5.74) is 6.24. The number of hydrogen-bond donors (Lipinski definition) is 1. The predicted octanol–water partition coefficient (Wildman–Crippen LogP) is 4.30. The highest BCUT2D eigenvalue weighted by Gasteiger charge is 2.32. The largest absolute Gasteiger partial charge is 0.491 e. The zero-order valence-corrected chi connectivity index (χ0v) is 20.1. The van der Waals surface area contributed by atoms with Gasteiger partial charge in [0.2, 0.25) is 0 Å². The normalized spacial score (nSPS) is 24.1. The van der Waals surface area contributed by atoms with Crippen LogP contribution in [0.2, 0.25) is 0 Å². The maximum Gasteiger partial charge on any atom is 0.254 e. The standard InChI is InChI=1S/C29H36N2O3/c32-29-28-10-9-26(34-19-27-2-1-13-33-27)16-24(28)11-12-31(29)25-8-7-22-14-21(5-6-23(22)15-25)18-30-17-20-3-4-20/h5-6,9-10,14,16,20,25,27,30H,1-4,7-8,11-13,15,17-19H2/t25-,27-/m0/s1. The molecule has 2 atom stereocenters. The minimum absolute atomic E-state index is 0.182. The van der Waals surface area contributed by atoms with Crippen LogP contribution in [0.5, 0.6) is 5.75 Å². The fourth-order valence-electron chi connectivity index (χ4n) is 5.79. The first kappa shape index (κ1) is 22.1. The number of rotatable bonds is 8. The zero-order valence-electron chi connectivity index (χ0n) is 20.1. The van der Waals surface area contributed by atoms with Crippen molar-refractivity contribution in [1.82, 2.24) is 10.2 Å². The molecule has 2 fully saturated rings. The molecule has 5 heteroatoms. The van der Waals surface area contributed by atoms with Gasteiger partial charge < -0.3 is 19.7 Å². The molecule has 2 aromatic rings. The summed E-state index contributed by atoms with van der Waals surface area (Å²) >= 11 is 0. The highest BCUT2D eigenvalue weighted by atomic mass is 16.5. The van der Waals surface area contributed by atoms with Crippen molar-refractivity contribution in [2.75, 3.05) is 26.3 Å². The van der Waals surface area contributed by atoms with Gasteiger partial charge in [-0.3, -0.25) is 4.79 Å². The number of fused-ring (bicyclic) bond motifs is 2. The number of aryl methyl sites for hydroxylation is 1. The van der Waals surface area contributed by atoms with Gasteiger partial charge in [0.05, 0.1) is 6.10 Å². The smallest absolute Gasteiger partial charge is 0.254 e. The Hall–Kier alpha value is -2.37. The number of carbonyl (C=O) groups is 1. The summed E-state index contributed by atoms with van der Waals surface area (Å²) in [7, 11) is 0. The van der Waals surface area contributed by atoms with E-state index in [0.29, 0.717) is 12.6 Å². The number of carbonyl (C=O) groups excluding carboxylic acids is 1. The van der Waals surface area contributed by atoms with Crippen LogP contribution in [0.1, 0.15) is 64.7 Å². The quantitative estimate of drug-likeness (QED) is 0.638. The predicted molar refractivity (Wildman–Crippen MR) is 132 cm³/mol. The van der Waals surface area contributed by atoms with Gasteiger partial charge in [-0.05, 0) is 104 Å². The maximum atomic E-state index is 13.4. The average molecular weight is 461 g/mol. The molecule has 1 saturated carbocycles. The molecule has 34 heavy (non-hydrogen) atoms. The Morgan fingerprint density at radius 2 is 1.94 bits per heavy atom. The second-order valence-electron chi connectivity index (χ2n) is 10.6. The Labute approximate surface area is 202 Å². The number of nitrogens with zero attached hydrogens (tertiary/aromatic N) is 1. The van der Waals surface area contributed by atoms with Crippen molar-refractivity contribution in [2.45, 2.75) is 70.1 Å². The molecular formula is C29H36N2O3. The molecule has 0 radical (unpaired) electrons. The molecule has 1 saturated heterocycles. The van der Waals surface area contributed by atoms with Gasteiger partial charge in [-0.2, -0.15) is 0 Å². The molecule has 0 spiro atoms. The van der Waals surface area contributed by atoms with Crippen LogP contribution in [0.15, 0.2) is 36.4 Å². The van der Waals surface area contributed by atoms with E-state index in [1.165, 1.54) is 29.5 Å². The van der Waals surface area contributed by atoms with Crippen LogP contribution in [-0.2, 0) is 30.5 Å². The Balaban J connectivity index is 1.07. The molecular weight excluding hydrogens is 424 g/mol. The van der Waals surface area contributed by atoms with Crippen molar-refractivity contribution < 1.29 is 14.3 Å². The topological polar surface area (TPSA) is 50.8 Å². The van der Waals surface area contributed by atoms with Crippen molar-refractivity contribution in [3.63, 3.8) is 0 Å². The summed E-state index contributed by atoms with van der Waals surface area (Å²) in [6.07, 6.45) is 9.15. The first-order valence-electron chi connectivity index (χ1n) is 13.2. The Kier molecular flexibility index (Phi) is 6.32. The van der Waals surface area contributed by atoms with Crippen LogP contribution >= 0.6 is 0 Å². The fourth-order valence-corrected chi connectivity index (χ4v) is 5.79. The van der Waals surface area contributed by atoms with Gasteiger partial charge in [0.1, 0.15) is 12.4 Å². The number of hydrogen-bond acceptors (Lipinski definition) is 4. The molecule has 0 bridgehead atoms. The number of benzene rings is 2. The van der Waals surface area contributed by atoms with Gasteiger partial charge in [-0.15, -0.1) is 0 Å². The van der Waals surface area contributed by atoms with Crippen molar-refractivity contribution >= 4 is 5.91 Å². The van der Waals surface area contributed by atoms with Crippen molar-refractivity contribution in [1.29, 1.82) is 0 Å². The van der Waals surface area contributed by atoms with Crippen molar-refractivity contribution in [3.05, 3.63) is 64.2 Å². The van der Waals surface area contributed by atoms with Crippen LogP contribution in [0.25, 0.3) is 0 Å². The summed E-state index contributed by atoms with van der Waals surface area (Å²) < 4.78 is 11.6. The molecule has 2 aromatic carbocycles. The second kappa shape index (κ2) is 9.71. The molecule has 4 aliphatic rings. The Morgan fingerprint density at radius 3 is 2.79 bits per heavy atom. The fraction of sp³-hybridized carbons (Fsp3) is 0.552. The molecule has 0 unspecified atom stereocenters. The van der Waals surface area contributed by atoms with E-state index in [-0.39, 0.29) is 12.0 Å². The third-order valence-electron chi connectivity index (χ3n) is 8.02. The lowest BCUT2D eigenvalue weighted by molar-refractivity contribution is 0.0638. The molecule has 1 N–H and O–H groups in total. The minimum Gasteiger partial charge on any atom is -0.491 e. The number of amides is 1. The highest BCUT2D eigenvalue weighted by molar-refractivity contribution is 5.97. The van der Waals surface area contributed by atoms with E-state index in [0.717, 1.165) is 87.6 Å². The number of ether oxygens (including phenoxy) is 2. The third-order valence-corrected chi connectivity index (χ3v) is 8.02. The molecule has 1 amide bonds. The Bertz CT molecular complexity index is 1040. The molecule has 2 aliphatic carbocycles. The lowest BCUT2D eigenvalue weighted by Gasteiger charge is -2.38. The maximum absolute atomic E-state index is 13.4. The van der Waals surface area contributed by atoms with E-state index in [9.17, 15) is 4.79 Å². The van der Waals surface area contributed by atoms with E-state index in [2.05, 4.69) is 34.5 Å². The summed E-state index contributed by atoms with van der Waals surface area (Å²) in [6, 6.07) is 13.2. The van der Waals surface area contributed by atoms with E-state index in [1.54, 1.807) is 0 Å². The SMILES string of the molecule is O=C1c2ccc(OC[C@@H]3CCCO3)cc2CCN1[C@H]1CCc2cc(CNCC3CC3)ccc2C1. The van der Waals surface area contributed by atoms with Crippen LogP contribution in [0.4, 0.5) is 0 Å². The van der Waals surface area contributed by atoms with Gasteiger partial charge in [-0.25, -0.2) is 0 Å². The minimum atomic E-state index is 0.182. The molecule has 6 rings (SSSR count). The van der Waals surface area contributed by atoms with E-state index < -0.39 is 0 Å². The summed E-state index contributed by atoms with van der Waals surface area (Å²) in [5, 5.41) is 3.60. The van der Waals surface area contributed by atoms with Crippen LogP contribution < -0.4 is 10.1 Å². The van der Waals surface area contributed by atoms with Gasteiger partial charge in [-0.1, -0.05) is 18.2 Å². The highest BCUT2D eigenvalue weighted by Crippen LogP contribution is 2.31. The summed E-state index contributed by atoms with van der Waals surface area (Å²) in [6.45, 7) is 4.35. The molecule has 180 valence electrons. The van der Waals surface area contributed by atoms with Gasteiger partial charge in [0, 0.05) is 31.3 Å². The lowest BCUT2D eigenvalue weighted by atomic mass is 9.85. The van der Waals surface area contributed by atoms with Gasteiger partial charge in [0.25, 0.3) is 5.91 Å². The van der Waals surface area contributed by atoms with Gasteiger partial charge >= 0.3 is 0 Å². The number of nitrogens with one attached hydrogen (secondary N) is 1. The van der Waals surface area contributed by atoms with E-state index in [1.807, 2.05) is 12.1 Å². The van der Waals surface area contributed by atoms with E-state index >= 15 is 0 Å². The molecule has 2 heterocycles. The van der Waals surface area contributed by atoms with Crippen LogP contribution in [0.3, 0.4) is 0 Å². The summed E-state index contributed by atoms with van der Waals surface area (Å²) in [5.74, 6) is 1.95. The third kappa shape index (κ3) is 4.87.